The predicted octanol–water partition coefficient (Wildman–Crippen LogP) is 4.04. The van der Waals surface area contributed by atoms with Gasteiger partial charge in [-0.2, -0.15) is 0 Å². The number of imidazole rings is 1. The second kappa shape index (κ2) is 12.7. The molecule has 1 aromatic carbocycles. The van der Waals surface area contributed by atoms with Gasteiger partial charge in [0.15, 0.2) is 5.96 Å². The fourth-order valence-corrected chi connectivity index (χ4v) is 2.65. The van der Waals surface area contributed by atoms with Crippen LogP contribution in [0.5, 0.6) is 0 Å². The van der Waals surface area contributed by atoms with Crippen LogP contribution in [0.2, 0.25) is 0 Å². The molecule has 1 aromatic heterocycles. The summed E-state index contributed by atoms with van der Waals surface area (Å²) < 4.78 is 2.07. The molecule has 26 heavy (non-hydrogen) atoms. The van der Waals surface area contributed by atoms with Crippen molar-refractivity contribution in [1.82, 2.24) is 20.2 Å². The lowest BCUT2D eigenvalue weighted by Gasteiger charge is -2.12. The summed E-state index contributed by atoms with van der Waals surface area (Å²) in [6.07, 6.45) is 8.04. The monoisotopic (exact) mass is 469 g/mol. The zero-order valence-corrected chi connectivity index (χ0v) is 18.4. The molecule has 0 fully saturated rings. The third kappa shape index (κ3) is 8.69. The van der Waals surface area contributed by atoms with Crippen molar-refractivity contribution in [2.45, 2.75) is 46.7 Å². The molecule has 1 heterocycles. The van der Waals surface area contributed by atoms with Gasteiger partial charge in [-0.1, -0.05) is 38.1 Å². The summed E-state index contributed by atoms with van der Waals surface area (Å²) in [5.74, 6) is 1.64. The summed E-state index contributed by atoms with van der Waals surface area (Å²) in [6.45, 7) is 9.97. The van der Waals surface area contributed by atoms with Gasteiger partial charge < -0.3 is 15.2 Å². The molecule has 0 amide bonds. The topological polar surface area (TPSA) is 54.2 Å². The van der Waals surface area contributed by atoms with E-state index in [4.69, 9.17) is 4.99 Å². The first-order valence-corrected chi connectivity index (χ1v) is 9.23. The summed E-state index contributed by atoms with van der Waals surface area (Å²) in [5, 5.41) is 6.74. The van der Waals surface area contributed by atoms with Crippen LogP contribution in [0.3, 0.4) is 0 Å². The van der Waals surface area contributed by atoms with E-state index < -0.39 is 0 Å². The van der Waals surface area contributed by atoms with Crippen molar-refractivity contribution < 1.29 is 0 Å². The Hall–Kier alpha value is -1.57. The molecule has 144 valence electrons. The molecule has 0 unspecified atom stereocenters. The van der Waals surface area contributed by atoms with Crippen molar-refractivity contribution in [3.05, 3.63) is 54.1 Å². The summed E-state index contributed by atoms with van der Waals surface area (Å²) in [5.41, 5.74) is 2.48. The van der Waals surface area contributed by atoms with Gasteiger partial charge in [0.05, 0.1) is 12.9 Å². The lowest BCUT2D eigenvalue weighted by atomic mass is 10.1. The van der Waals surface area contributed by atoms with Crippen molar-refractivity contribution in [3.63, 3.8) is 0 Å². The van der Waals surface area contributed by atoms with Crippen LogP contribution >= 0.6 is 24.0 Å². The van der Waals surface area contributed by atoms with Crippen molar-refractivity contribution in [2.75, 3.05) is 13.1 Å². The van der Waals surface area contributed by atoms with Gasteiger partial charge in [0.25, 0.3) is 0 Å². The normalized spacial score (nSPS) is 11.3. The van der Waals surface area contributed by atoms with Crippen LogP contribution in [0, 0.1) is 5.92 Å². The Kier molecular flexibility index (Phi) is 11.0. The average Bonchev–Trinajstić information content (AvgIpc) is 3.09. The minimum absolute atomic E-state index is 0. The molecule has 5 nitrogen and oxygen atoms in total. The maximum absolute atomic E-state index is 4.71. The number of nitrogens with zero attached hydrogens (tertiary/aromatic N) is 3. The summed E-state index contributed by atoms with van der Waals surface area (Å²) in [6, 6.07) is 8.58. The van der Waals surface area contributed by atoms with Gasteiger partial charge in [-0.25, -0.2) is 9.98 Å². The van der Waals surface area contributed by atoms with Crippen LogP contribution in [-0.4, -0.2) is 28.6 Å². The number of guanidine groups is 1. The molecule has 2 aromatic rings. The second-order valence-electron chi connectivity index (χ2n) is 6.71. The van der Waals surface area contributed by atoms with Gasteiger partial charge in [-0.05, 0) is 36.8 Å². The Morgan fingerprint density at radius 2 is 2.04 bits per heavy atom. The first-order chi connectivity index (χ1) is 12.2. The fraction of sp³-hybridized carbons (Fsp3) is 0.500. The van der Waals surface area contributed by atoms with Gasteiger partial charge in [0, 0.05) is 32.0 Å². The SMILES string of the molecule is CCNC(=NCc1cccc(Cn2ccnc2)c1)NCCCC(C)C.I. The molecule has 2 N–H and O–H groups in total. The Morgan fingerprint density at radius 1 is 1.23 bits per heavy atom. The quantitative estimate of drug-likeness (QED) is 0.252. The van der Waals surface area contributed by atoms with Crippen LogP contribution in [0.15, 0.2) is 48.0 Å². The largest absolute Gasteiger partial charge is 0.357 e. The Bertz CT molecular complexity index is 637. The molecule has 0 aliphatic rings. The Labute approximate surface area is 174 Å². The number of hydrogen-bond donors (Lipinski definition) is 2. The van der Waals surface area contributed by atoms with E-state index in [9.17, 15) is 0 Å². The van der Waals surface area contributed by atoms with Crippen LogP contribution < -0.4 is 10.6 Å². The molecule has 0 bridgehead atoms. The van der Waals surface area contributed by atoms with Gasteiger partial charge in [0.1, 0.15) is 0 Å². The maximum Gasteiger partial charge on any atom is 0.191 e. The second-order valence-corrected chi connectivity index (χ2v) is 6.71. The van der Waals surface area contributed by atoms with E-state index in [0.717, 1.165) is 31.5 Å². The van der Waals surface area contributed by atoms with Gasteiger partial charge in [-0.3, -0.25) is 0 Å². The molecular formula is C20H32IN5. The van der Waals surface area contributed by atoms with Crippen LogP contribution in [0.4, 0.5) is 0 Å². The molecule has 6 heteroatoms. The highest BCUT2D eigenvalue weighted by Gasteiger charge is 2.00. The van der Waals surface area contributed by atoms with Crippen LogP contribution in [0.25, 0.3) is 0 Å². The smallest absolute Gasteiger partial charge is 0.191 e. The van der Waals surface area contributed by atoms with Crippen molar-refractivity contribution in [2.24, 2.45) is 10.9 Å². The minimum Gasteiger partial charge on any atom is -0.357 e. The van der Waals surface area contributed by atoms with Crippen molar-refractivity contribution in [1.29, 1.82) is 0 Å². The van der Waals surface area contributed by atoms with E-state index in [0.29, 0.717) is 6.54 Å². The number of nitrogens with one attached hydrogen (secondary N) is 2. The molecular weight excluding hydrogens is 437 g/mol. The van der Waals surface area contributed by atoms with E-state index in [-0.39, 0.29) is 24.0 Å². The molecule has 0 aliphatic carbocycles. The molecule has 0 radical (unpaired) electrons. The van der Waals surface area contributed by atoms with E-state index in [1.54, 1.807) is 0 Å². The van der Waals surface area contributed by atoms with E-state index in [1.807, 2.05) is 18.7 Å². The fourth-order valence-electron chi connectivity index (χ4n) is 2.65. The summed E-state index contributed by atoms with van der Waals surface area (Å²) in [7, 11) is 0. The zero-order chi connectivity index (χ0) is 17.9. The zero-order valence-electron chi connectivity index (χ0n) is 16.1. The molecule has 0 aliphatic heterocycles. The maximum atomic E-state index is 4.71. The lowest BCUT2D eigenvalue weighted by Crippen LogP contribution is -2.37. The first kappa shape index (κ1) is 22.5. The highest BCUT2D eigenvalue weighted by atomic mass is 127. The Morgan fingerprint density at radius 3 is 2.73 bits per heavy atom. The highest BCUT2D eigenvalue weighted by Crippen LogP contribution is 2.08. The first-order valence-electron chi connectivity index (χ1n) is 9.23. The molecule has 0 saturated carbocycles. The standard InChI is InChI=1S/C20H31N5.HI/c1-4-22-20(23-10-6-7-17(2)3)24-14-18-8-5-9-19(13-18)15-25-12-11-21-16-25;/h5,8-9,11-13,16-17H,4,6-7,10,14-15H2,1-3H3,(H2,22,23,24);1H. The number of benzene rings is 1. The number of hydrogen-bond acceptors (Lipinski definition) is 2. The van der Waals surface area contributed by atoms with Crippen LogP contribution in [0.1, 0.15) is 44.7 Å². The molecule has 0 atom stereocenters. The Balaban J connectivity index is 0.00000338. The molecule has 0 spiro atoms. The van der Waals surface area contributed by atoms with Gasteiger partial charge in [0.2, 0.25) is 0 Å². The molecule has 0 saturated heterocycles. The van der Waals surface area contributed by atoms with E-state index in [2.05, 4.69) is 65.2 Å². The third-order valence-electron chi connectivity index (χ3n) is 3.93. The van der Waals surface area contributed by atoms with E-state index >= 15 is 0 Å². The third-order valence-corrected chi connectivity index (χ3v) is 3.93. The van der Waals surface area contributed by atoms with Crippen molar-refractivity contribution >= 4 is 29.9 Å². The number of aliphatic imine (C=N–C) groups is 1. The summed E-state index contributed by atoms with van der Waals surface area (Å²) in [4.78, 5) is 8.81. The average molecular weight is 469 g/mol. The molecule has 2 rings (SSSR count). The van der Waals surface area contributed by atoms with E-state index in [1.165, 1.54) is 24.0 Å². The van der Waals surface area contributed by atoms with Crippen LogP contribution in [-0.2, 0) is 13.1 Å². The predicted molar refractivity (Wildman–Crippen MR) is 120 cm³/mol. The van der Waals surface area contributed by atoms with Gasteiger partial charge >= 0.3 is 0 Å². The number of aromatic nitrogens is 2. The van der Waals surface area contributed by atoms with Crippen molar-refractivity contribution in [3.8, 4) is 0 Å². The summed E-state index contributed by atoms with van der Waals surface area (Å²) >= 11 is 0. The number of halogens is 1. The lowest BCUT2D eigenvalue weighted by molar-refractivity contribution is 0.549. The van der Waals surface area contributed by atoms with Gasteiger partial charge in [-0.15, -0.1) is 24.0 Å². The number of rotatable bonds is 9. The highest BCUT2D eigenvalue weighted by molar-refractivity contribution is 14.0. The minimum atomic E-state index is 0.